The van der Waals surface area contributed by atoms with Gasteiger partial charge in [0.15, 0.2) is 0 Å². The Morgan fingerprint density at radius 1 is 1.30 bits per heavy atom. The molecule has 2 aliphatic rings. The molecule has 2 rings (SSSR count). The smallest absolute Gasteiger partial charge is 0.0243 e. The molecular formula is C10H18. The summed E-state index contributed by atoms with van der Waals surface area (Å²) in [5.74, 6) is 2.17. The highest BCUT2D eigenvalue weighted by Gasteiger charge is 2.53. The lowest BCUT2D eigenvalue weighted by Gasteiger charge is -2.60. The molecule has 2 fully saturated rings. The summed E-state index contributed by atoms with van der Waals surface area (Å²) in [6, 6.07) is 0. The normalized spacial score (nSPS) is 52.2. The second-order valence-electron chi connectivity index (χ2n) is 4.32. The molecule has 10 heavy (non-hydrogen) atoms. The molecule has 0 heterocycles. The van der Waals surface area contributed by atoms with Crippen LogP contribution in [0.2, 0.25) is 0 Å². The van der Waals surface area contributed by atoms with Crippen LogP contribution in [-0.4, -0.2) is 0 Å². The highest BCUT2D eigenvalue weighted by Crippen LogP contribution is 2.63. The Bertz CT molecular complexity index is 133. The first-order valence-electron chi connectivity index (χ1n) is 4.79. The fourth-order valence-corrected chi connectivity index (χ4v) is 3.11. The Labute approximate surface area is 64.0 Å². The predicted molar refractivity (Wildman–Crippen MR) is 43.8 cm³/mol. The first-order valence-corrected chi connectivity index (χ1v) is 4.79. The van der Waals surface area contributed by atoms with Crippen molar-refractivity contribution in [2.75, 3.05) is 0 Å². The van der Waals surface area contributed by atoms with Crippen molar-refractivity contribution < 1.29 is 0 Å². The molecule has 0 heteroatoms. The van der Waals surface area contributed by atoms with Gasteiger partial charge in [-0.3, -0.25) is 0 Å². The molecule has 58 valence electrons. The number of hydrogen-bond donors (Lipinski definition) is 0. The second-order valence-corrected chi connectivity index (χ2v) is 4.32. The van der Waals surface area contributed by atoms with Crippen LogP contribution < -0.4 is 0 Å². The van der Waals surface area contributed by atoms with E-state index in [-0.39, 0.29) is 0 Å². The van der Waals surface area contributed by atoms with E-state index in [0.717, 1.165) is 17.3 Å². The molecule has 0 bridgehead atoms. The van der Waals surface area contributed by atoms with E-state index in [0.29, 0.717) is 0 Å². The molecule has 0 aromatic rings. The van der Waals surface area contributed by atoms with Crippen LogP contribution in [0.4, 0.5) is 0 Å². The van der Waals surface area contributed by atoms with Gasteiger partial charge in [-0.2, -0.15) is 0 Å². The van der Waals surface area contributed by atoms with Crippen molar-refractivity contribution in [2.45, 2.75) is 46.0 Å². The molecule has 2 saturated carbocycles. The van der Waals surface area contributed by atoms with Crippen LogP contribution in [0.1, 0.15) is 46.0 Å². The lowest BCUT2D eigenvalue weighted by molar-refractivity contribution is -0.105. The summed E-state index contributed by atoms with van der Waals surface area (Å²) in [6.45, 7) is 4.81. The summed E-state index contributed by atoms with van der Waals surface area (Å²) in [6.07, 6.45) is 7.57. The molecule has 0 amide bonds. The van der Waals surface area contributed by atoms with Gasteiger partial charge in [0.25, 0.3) is 0 Å². The van der Waals surface area contributed by atoms with Crippen LogP contribution >= 0.6 is 0 Å². The molecule has 2 aliphatic carbocycles. The summed E-state index contributed by atoms with van der Waals surface area (Å²) in [7, 11) is 0. The maximum atomic E-state index is 2.45. The average molecular weight is 138 g/mol. The van der Waals surface area contributed by atoms with Crippen LogP contribution in [0.15, 0.2) is 0 Å². The van der Waals surface area contributed by atoms with Crippen LogP contribution in [0.3, 0.4) is 0 Å². The van der Waals surface area contributed by atoms with Gasteiger partial charge in [0.1, 0.15) is 0 Å². The van der Waals surface area contributed by atoms with Crippen molar-refractivity contribution in [1.82, 2.24) is 0 Å². The highest BCUT2D eigenvalue weighted by molar-refractivity contribution is 5.04. The van der Waals surface area contributed by atoms with Gasteiger partial charge in [0.05, 0.1) is 0 Å². The van der Waals surface area contributed by atoms with Gasteiger partial charge < -0.3 is 0 Å². The lowest BCUT2D eigenvalue weighted by Crippen LogP contribution is -2.51. The topological polar surface area (TPSA) is 0 Å². The van der Waals surface area contributed by atoms with Gasteiger partial charge in [0.2, 0.25) is 0 Å². The minimum absolute atomic E-state index is 0.870. The van der Waals surface area contributed by atoms with E-state index in [9.17, 15) is 0 Å². The second kappa shape index (κ2) is 1.99. The third-order valence-electron chi connectivity index (χ3n) is 4.29. The van der Waals surface area contributed by atoms with Gasteiger partial charge >= 0.3 is 0 Å². The van der Waals surface area contributed by atoms with Gasteiger partial charge in [0, 0.05) is 0 Å². The van der Waals surface area contributed by atoms with E-state index < -0.39 is 0 Å². The first-order chi connectivity index (χ1) is 4.79. The van der Waals surface area contributed by atoms with E-state index in [1.807, 2.05) is 0 Å². The van der Waals surface area contributed by atoms with E-state index in [2.05, 4.69) is 13.8 Å². The molecule has 0 aromatic heterocycles. The third-order valence-corrected chi connectivity index (χ3v) is 4.29. The Balaban J connectivity index is 2.03. The monoisotopic (exact) mass is 138 g/mol. The summed E-state index contributed by atoms with van der Waals surface area (Å²) in [4.78, 5) is 0. The highest BCUT2D eigenvalue weighted by atomic mass is 14.6. The molecule has 0 aromatic carbocycles. The van der Waals surface area contributed by atoms with Gasteiger partial charge in [-0.25, -0.2) is 0 Å². The van der Waals surface area contributed by atoms with E-state index in [1.54, 1.807) is 12.8 Å². The molecule has 0 aliphatic heterocycles. The number of rotatable bonds is 1. The van der Waals surface area contributed by atoms with Gasteiger partial charge in [-0.1, -0.05) is 20.3 Å². The summed E-state index contributed by atoms with van der Waals surface area (Å²) < 4.78 is 0. The number of hydrogen-bond acceptors (Lipinski definition) is 0. The van der Waals surface area contributed by atoms with E-state index >= 15 is 0 Å². The predicted octanol–water partition coefficient (Wildman–Crippen LogP) is 3.22. The molecule has 0 N–H and O–H groups in total. The minimum atomic E-state index is 0.870. The van der Waals surface area contributed by atoms with Gasteiger partial charge in [-0.15, -0.1) is 0 Å². The van der Waals surface area contributed by atoms with E-state index in [1.165, 1.54) is 19.3 Å². The maximum Gasteiger partial charge on any atom is -0.0243 e. The third kappa shape index (κ3) is 0.580. The summed E-state index contributed by atoms with van der Waals surface area (Å²) in [5.41, 5.74) is 0.870. The molecule has 0 radical (unpaired) electrons. The standard InChI is InChI=1S/C10H18/c1-3-9-5-7-10(9)6-4-8(10)2/h8-9H,3-7H2,1-2H3. The average Bonchev–Trinajstić information content (AvgIpc) is 1.84. The van der Waals surface area contributed by atoms with Crippen molar-refractivity contribution in [2.24, 2.45) is 17.3 Å². The largest absolute Gasteiger partial charge is 0.0651 e. The minimum Gasteiger partial charge on any atom is -0.0651 e. The zero-order chi connectivity index (χ0) is 7.19. The lowest BCUT2D eigenvalue weighted by atomic mass is 9.44. The maximum absolute atomic E-state index is 2.45. The molecule has 3 atom stereocenters. The van der Waals surface area contributed by atoms with Crippen molar-refractivity contribution in [3.05, 3.63) is 0 Å². The van der Waals surface area contributed by atoms with Crippen molar-refractivity contribution in [3.63, 3.8) is 0 Å². The zero-order valence-electron chi connectivity index (χ0n) is 7.19. The zero-order valence-corrected chi connectivity index (χ0v) is 7.19. The Morgan fingerprint density at radius 2 is 2.00 bits per heavy atom. The Hall–Kier alpha value is 0. The van der Waals surface area contributed by atoms with Crippen LogP contribution in [-0.2, 0) is 0 Å². The summed E-state index contributed by atoms with van der Waals surface area (Å²) >= 11 is 0. The van der Waals surface area contributed by atoms with E-state index in [4.69, 9.17) is 0 Å². The SMILES string of the molecule is CCC1CCC12CCC2C. The fraction of sp³-hybridized carbons (Fsp3) is 1.00. The molecule has 0 nitrogen and oxygen atoms in total. The quantitative estimate of drug-likeness (QED) is 0.522. The Morgan fingerprint density at radius 3 is 2.10 bits per heavy atom. The van der Waals surface area contributed by atoms with Gasteiger partial charge in [-0.05, 0) is 42.9 Å². The van der Waals surface area contributed by atoms with Crippen LogP contribution in [0.25, 0.3) is 0 Å². The molecular weight excluding hydrogens is 120 g/mol. The first kappa shape index (κ1) is 6.69. The molecule has 1 spiro atoms. The van der Waals surface area contributed by atoms with Crippen molar-refractivity contribution in [1.29, 1.82) is 0 Å². The summed E-state index contributed by atoms with van der Waals surface area (Å²) in [5, 5.41) is 0. The Kier molecular flexibility index (Phi) is 1.33. The molecule has 3 unspecified atom stereocenters. The van der Waals surface area contributed by atoms with Crippen LogP contribution in [0, 0.1) is 17.3 Å². The van der Waals surface area contributed by atoms with Crippen molar-refractivity contribution >= 4 is 0 Å². The van der Waals surface area contributed by atoms with Crippen molar-refractivity contribution in [3.8, 4) is 0 Å². The van der Waals surface area contributed by atoms with Crippen LogP contribution in [0.5, 0.6) is 0 Å². The fourth-order valence-electron chi connectivity index (χ4n) is 3.11. The molecule has 0 saturated heterocycles.